The first-order valence-corrected chi connectivity index (χ1v) is 12.2. The van der Waals surface area contributed by atoms with Crippen molar-refractivity contribution in [1.29, 1.82) is 0 Å². The molecule has 0 atom stereocenters. The molecule has 3 rings (SSSR count). The smallest absolute Gasteiger partial charge is 0.292 e. The summed E-state index contributed by atoms with van der Waals surface area (Å²) >= 11 is 0. The lowest BCUT2D eigenvalue weighted by atomic mass is 10.2. The summed E-state index contributed by atoms with van der Waals surface area (Å²) < 4.78 is 33.0. The van der Waals surface area contributed by atoms with E-state index in [1.54, 1.807) is 48.5 Å². The van der Waals surface area contributed by atoms with Crippen LogP contribution >= 0.6 is 0 Å². The molecule has 0 aliphatic carbocycles. The lowest BCUT2D eigenvalue weighted by Gasteiger charge is -2.32. The number of benzene rings is 1. The third kappa shape index (κ3) is 6.43. The quantitative estimate of drug-likeness (QED) is 0.423. The first-order valence-electron chi connectivity index (χ1n) is 10.8. The monoisotopic (exact) mass is 489 g/mol. The number of nitrogens with one attached hydrogen (secondary N) is 1. The number of aromatic hydroxyl groups is 1. The van der Waals surface area contributed by atoms with Crippen LogP contribution in [0.5, 0.6) is 5.75 Å². The third-order valence-corrected chi connectivity index (χ3v) is 7.26. The summed E-state index contributed by atoms with van der Waals surface area (Å²) in [4.78, 5) is 14.9. The van der Waals surface area contributed by atoms with Crippen LogP contribution in [0.3, 0.4) is 0 Å². The Bertz CT molecular complexity index is 1140. The van der Waals surface area contributed by atoms with Gasteiger partial charge in [-0.1, -0.05) is 18.7 Å². The van der Waals surface area contributed by atoms with Gasteiger partial charge in [0.25, 0.3) is 16.2 Å². The molecule has 0 radical (unpaired) electrons. The number of anilines is 1. The summed E-state index contributed by atoms with van der Waals surface area (Å²) in [6.45, 7) is 6.11. The summed E-state index contributed by atoms with van der Waals surface area (Å²) in [5, 5.41) is 12.8. The molecule has 11 nitrogen and oxygen atoms in total. The molecule has 2 heterocycles. The topological polar surface area (TPSA) is 123 Å². The number of hydrogen-bond acceptors (Lipinski definition) is 8. The van der Waals surface area contributed by atoms with Gasteiger partial charge in [0.2, 0.25) is 5.95 Å². The second kappa shape index (κ2) is 11.3. The Morgan fingerprint density at radius 1 is 1.35 bits per heavy atom. The average molecular weight is 490 g/mol. The van der Waals surface area contributed by atoms with Crippen molar-refractivity contribution in [1.82, 2.24) is 23.5 Å². The van der Waals surface area contributed by atoms with Gasteiger partial charge in [-0.2, -0.15) is 22.0 Å². The van der Waals surface area contributed by atoms with Gasteiger partial charge in [-0.3, -0.25) is 0 Å². The average Bonchev–Trinajstić information content (AvgIpc) is 2.80. The zero-order valence-electron chi connectivity index (χ0n) is 19.7. The van der Waals surface area contributed by atoms with E-state index in [0.717, 1.165) is 12.1 Å². The summed E-state index contributed by atoms with van der Waals surface area (Å²) in [6, 6.07) is 8.79. The van der Waals surface area contributed by atoms with Crippen LogP contribution in [0.15, 0.2) is 48.1 Å². The number of ether oxygens (including phenoxy) is 1. The molecule has 0 saturated carbocycles. The van der Waals surface area contributed by atoms with Crippen molar-refractivity contribution < 1.29 is 18.3 Å². The Kier molecular flexibility index (Phi) is 8.42. The van der Waals surface area contributed by atoms with Crippen molar-refractivity contribution in [3.05, 3.63) is 54.4 Å². The van der Waals surface area contributed by atoms with Crippen molar-refractivity contribution in [2.24, 2.45) is 4.99 Å². The van der Waals surface area contributed by atoms with Crippen molar-refractivity contribution in [2.75, 3.05) is 52.7 Å². The zero-order chi connectivity index (χ0) is 24.7. The van der Waals surface area contributed by atoms with Crippen LogP contribution in [0.2, 0.25) is 0 Å². The number of aliphatic imine (C=N–C) groups is 1. The van der Waals surface area contributed by atoms with Crippen molar-refractivity contribution in [3.63, 3.8) is 0 Å². The second-order valence-electron chi connectivity index (χ2n) is 7.83. The molecule has 0 amide bonds. The Morgan fingerprint density at radius 2 is 2.15 bits per heavy atom. The van der Waals surface area contributed by atoms with Crippen LogP contribution in [0, 0.1) is 0 Å². The van der Waals surface area contributed by atoms with Crippen LogP contribution in [-0.4, -0.2) is 90.4 Å². The van der Waals surface area contributed by atoms with Gasteiger partial charge >= 0.3 is 0 Å². The second-order valence-corrected chi connectivity index (χ2v) is 9.87. The molecular formula is C22H31N7O4S. The van der Waals surface area contributed by atoms with Crippen LogP contribution in [0.25, 0.3) is 5.70 Å². The fourth-order valence-electron chi connectivity index (χ4n) is 3.45. The van der Waals surface area contributed by atoms with Crippen LogP contribution in [0.1, 0.15) is 17.7 Å². The SMILES string of the molecule is C=C(/N=C(/OC)N(C)Cc1ccnc(NCCN2CCCN(C)S2(=O)=O)n1)c1cccc(O)c1. The number of nitrogens with zero attached hydrogens (tertiary/aromatic N) is 6. The predicted octanol–water partition coefficient (Wildman–Crippen LogP) is 1.58. The van der Waals surface area contributed by atoms with Crippen LogP contribution in [0.4, 0.5) is 5.95 Å². The first kappa shape index (κ1) is 25.4. The van der Waals surface area contributed by atoms with Gasteiger partial charge in [-0.05, 0) is 24.6 Å². The standard InChI is InChI=1S/C22H31N7O4S/c1-17(18-7-5-8-20(30)15-18)25-22(33-4)27(2)16-19-9-10-23-21(26-19)24-11-14-29-13-6-12-28(3)34(29,31)32/h5,7-10,15,30H,1,6,11-14,16H2,2-4H3,(H,23,24,26)/b25-22+. The molecule has 1 aliphatic rings. The molecule has 1 saturated heterocycles. The molecule has 2 aromatic rings. The van der Waals surface area contributed by atoms with Gasteiger partial charge in [-0.25, -0.2) is 9.97 Å². The zero-order valence-corrected chi connectivity index (χ0v) is 20.5. The summed E-state index contributed by atoms with van der Waals surface area (Å²) in [7, 11) is 1.53. The molecule has 0 bridgehead atoms. The molecule has 12 heteroatoms. The maximum absolute atomic E-state index is 12.4. The molecule has 1 fully saturated rings. The van der Waals surface area contributed by atoms with Crippen molar-refractivity contribution in [2.45, 2.75) is 13.0 Å². The molecule has 184 valence electrons. The maximum atomic E-state index is 12.4. The number of amidine groups is 1. The molecule has 0 unspecified atom stereocenters. The van der Waals surface area contributed by atoms with E-state index >= 15 is 0 Å². The van der Waals surface area contributed by atoms with Gasteiger partial charge in [0, 0.05) is 52.0 Å². The minimum Gasteiger partial charge on any atom is -0.508 e. The Balaban J connectivity index is 1.59. The normalized spacial score (nSPS) is 16.7. The fourth-order valence-corrected chi connectivity index (χ4v) is 4.89. The lowest BCUT2D eigenvalue weighted by molar-refractivity contribution is 0.304. The van der Waals surface area contributed by atoms with E-state index in [-0.39, 0.29) is 5.75 Å². The fraction of sp³-hybridized carbons (Fsp3) is 0.409. The molecule has 1 aromatic heterocycles. The van der Waals surface area contributed by atoms with E-state index in [9.17, 15) is 13.5 Å². The molecular weight excluding hydrogens is 458 g/mol. The molecule has 2 N–H and O–H groups in total. The number of hydrogen-bond donors (Lipinski definition) is 2. The first-order chi connectivity index (χ1) is 16.2. The summed E-state index contributed by atoms with van der Waals surface area (Å²) in [6.07, 6.45) is 2.44. The predicted molar refractivity (Wildman–Crippen MR) is 131 cm³/mol. The van der Waals surface area contributed by atoms with Gasteiger partial charge in [0.15, 0.2) is 0 Å². The minimum absolute atomic E-state index is 0.132. The largest absolute Gasteiger partial charge is 0.508 e. The van der Waals surface area contributed by atoms with E-state index in [4.69, 9.17) is 4.74 Å². The number of phenols is 1. The van der Waals surface area contributed by atoms with Gasteiger partial charge in [0.05, 0.1) is 25.0 Å². The van der Waals surface area contributed by atoms with E-state index < -0.39 is 10.2 Å². The van der Waals surface area contributed by atoms with E-state index in [0.29, 0.717) is 56.0 Å². The summed E-state index contributed by atoms with van der Waals surface area (Å²) in [5.74, 6) is 0.542. The van der Waals surface area contributed by atoms with Crippen molar-refractivity contribution >= 4 is 27.9 Å². The highest BCUT2D eigenvalue weighted by Crippen LogP contribution is 2.19. The highest BCUT2D eigenvalue weighted by molar-refractivity contribution is 7.86. The van der Waals surface area contributed by atoms with Crippen LogP contribution in [-0.2, 0) is 21.5 Å². The highest BCUT2D eigenvalue weighted by Gasteiger charge is 2.30. The third-order valence-electron chi connectivity index (χ3n) is 5.28. The minimum atomic E-state index is -3.39. The number of methoxy groups -OCH3 is 1. The Hall–Kier alpha value is -3.22. The van der Waals surface area contributed by atoms with Crippen LogP contribution < -0.4 is 5.32 Å². The lowest BCUT2D eigenvalue weighted by Crippen LogP contribution is -2.49. The number of aromatic nitrogens is 2. The van der Waals surface area contributed by atoms with Gasteiger partial charge in [-0.15, -0.1) is 0 Å². The number of rotatable bonds is 8. The maximum Gasteiger partial charge on any atom is 0.292 e. The molecule has 34 heavy (non-hydrogen) atoms. The Labute approximate surface area is 200 Å². The van der Waals surface area contributed by atoms with E-state index in [1.165, 1.54) is 15.7 Å². The molecule has 0 spiro atoms. The van der Waals surface area contributed by atoms with Gasteiger partial charge < -0.3 is 20.1 Å². The highest BCUT2D eigenvalue weighted by atomic mass is 32.2. The van der Waals surface area contributed by atoms with Gasteiger partial charge in [0.1, 0.15) is 5.75 Å². The summed E-state index contributed by atoms with van der Waals surface area (Å²) in [5.41, 5.74) is 1.85. The van der Waals surface area contributed by atoms with E-state index in [1.807, 2.05) is 7.05 Å². The van der Waals surface area contributed by atoms with Crippen molar-refractivity contribution in [3.8, 4) is 5.75 Å². The Morgan fingerprint density at radius 3 is 2.88 bits per heavy atom. The molecule has 1 aromatic carbocycles. The number of phenolic OH excluding ortho intramolecular Hbond substituents is 1. The van der Waals surface area contributed by atoms with E-state index in [2.05, 4.69) is 26.9 Å². The molecule has 1 aliphatic heterocycles.